The fourth-order valence-corrected chi connectivity index (χ4v) is 5.98. The highest BCUT2D eigenvalue weighted by Crippen LogP contribution is 2.33. The van der Waals surface area contributed by atoms with E-state index in [9.17, 15) is 9.59 Å². The topological polar surface area (TPSA) is 79.9 Å². The first kappa shape index (κ1) is 22.4. The highest BCUT2D eigenvalue weighted by atomic mass is 16.5. The Morgan fingerprint density at radius 3 is 2.61 bits per heavy atom. The number of carbonyl (C=O) groups excluding carboxylic acids is 2. The third kappa shape index (κ3) is 4.53. The Labute approximate surface area is 195 Å². The normalized spacial score (nSPS) is 32.1. The van der Waals surface area contributed by atoms with E-state index in [0.717, 1.165) is 42.7 Å². The third-order valence-corrected chi connectivity index (χ3v) is 7.78. The molecular formula is C26H35N3O4. The first-order valence-corrected chi connectivity index (χ1v) is 12.4. The van der Waals surface area contributed by atoms with Crippen molar-refractivity contribution in [3.05, 3.63) is 41.6 Å². The maximum Gasteiger partial charge on any atom is 0.255 e. The van der Waals surface area contributed by atoms with Gasteiger partial charge in [0.05, 0.1) is 6.10 Å². The Hall–Kier alpha value is -2.38. The minimum absolute atomic E-state index is 0.0757. The molecule has 2 amide bonds. The summed E-state index contributed by atoms with van der Waals surface area (Å²) in [4.78, 5) is 27.1. The van der Waals surface area contributed by atoms with Crippen LogP contribution in [0.3, 0.4) is 0 Å². The number of methoxy groups -OCH3 is 1. The van der Waals surface area contributed by atoms with Gasteiger partial charge in [-0.1, -0.05) is 13.0 Å². The van der Waals surface area contributed by atoms with E-state index in [1.807, 2.05) is 25.3 Å². The van der Waals surface area contributed by atoms with Crippen LogP contribution in [0, 0.1) is 0 Å². The second-order valence-electron chi connectivity index (χ2n) is 9.92. The predicted molar refractivity (Wildman–Crippen MR) is 125 cm³/mol. The predicted octanol–water partition coefficient (Wildman–Crippen LogP) is 3.28. The first-order valence-electron chi connectivity index (χ1n) is 12.4. The maximum atomic E-state index is 13.0. The number of carbonyl (C=O) groups is 2. The minimum atomic E-state index is -0.438. The van der Waals surface area contributed by atoms with Gasteiger partial charge in [-0.15, -0.1) is 0 Å². The monoisotopic (exact) mass is 453 g/mol. The average Bonchev–Trinajstić information content (AvgIpc) is 3.39. The molecule has 178 valence electrons. The molecule has 0 bridgehead atoms. The van der Waals surface area contributed by atoms with Crippen LogP contribution in [0.15, 0.2) is 30.5 Å². The molecule has 2 heterocycles. The zero-order chi connectivity index (χ0) is 22.9. The number of nitrogens with zero attached hydrogens (tertiary/aromatic N) is 1. The van der Waals surface area contributed by atoms with E-state index in [2.05, 4.69) is 17.2 Å². The van der Waals surface area contributed by atoms with Crippen LogP contribution in [0.5, 0.6) is 5.75 Å². The Morgan fingerprint density at radius 1 is 1.03 bits per heavy atom. The van der Waals surface area contributed by atoms with Crippen molar-refractivity contribution in [1.29, 1.82) is 0 Å². The average molecular weight is 454 g/mol. The molecule has 3 fully saturated rings. The number of rotatable bonds is 6. The summed E-state index contributed by atoms with van der Waals surface area (Å²) in [5.41, 5.74) is 2.33. The van der Waals surface area contributed by atoms with Gasteiger partial charge in [0.25, 0.3) is 5.91 Å². The molecule has 5 atom stereocenters. The molecule has 2 aliphatic carbocycles. The van der Waals surface area contributed by atoms with Crippen molar-refractivity contribution in [2.45, 2.75) is 94.7 Å². The summed E-state index contributed by atoms with van der Waals surface area (Å²) in [6, 6.07) is 6.02. The molecule has 1 aromatic carbocycles. The summed E-state index contributed by atoms with van der Waals surface area (Å²) < 4.78 is 12.2. The number of hydrogen-bond donors (Lipinski definition) is 2. The van der Waals surface area contributed by atoms with Gasteiger partial charge in [0.15, 0.2) is 0 Å². The Balaban J connectivity index is 1.26. The molecular weight excluding hydrogens is 418 g/mol. The minimum Gasteiger partial charge on any atom is -0.489 e. The molecule has 5 rings (SSSR count). The largest absolute Gasteiger partial charge is 0.489 e. The fraction of sp³-hybridized carbons (Fsp3) is 0.615. The summed E-state index contributed by atoms with van der Waals surface area (Å²) in [5.74, 6) is 0.591. The molecule has 0 spiro atoms. The highest BCUT2D eigenvalue weighted by Gasteiger charge is 2.39. The summed E-state index contributed by atoms with van der Waals surface area (Å²) in [7, 11) is 1.81. The fourth-order valence-electron chi connectivity index (χ4n) is 5.98. The maximum absolute atomic E-state index is 13.0. The van der Waals surface area contributed by atoms with Gasteiger partial charge >= 0.3 is 0 Å². The summed E-state index contributed by atoms with van der Waals surface area (Å²) in [6.45, 7) is 4.28. The number of ether oxygens (including phenoxy) is 2. The quantitative estimate of drug-likeness (QED) is 0.691. The van der Waals surface area contributed by atoms with E-state index in [1.54, 1.807) is 4.90 Å². The number of nitrogens with one attached hydrogen (secondary N) is 2. The van der Waals surface area contributed by atoms with Crippen LogP contribution in [-0.2, 0) is 16.1 Å². The van der Waals surface area contributed by atoms with Crippen LogP contribution in [0.2, 0.25) is 0 Å². The van der Waals surface area contributed by atoms with Crippen LogP contribution < -0.4 is 15.4 Å². The molecule has 4 aliphatic rings. The molecule has 7 nitrogen and oxygen atoms in total. The molecule has 33 heavy (non-hydrogen) atoms. The van der Waals surface area contributed by atoms with Gasteiger partial charge in [-0.25, -0.2) is 0 Å². The second kappa shape index (κ2) is 9.47. The molecule has 2 aliphatic heterocycles. The lowest BCUT2D eigenvalue weighted by Crippen LogP contribution is -2.51. The van der Waals surface area contributed by atoms with E-state index in [4.69, 9.17) is 9.47 Å². The Morgan fingerprint density at radius 2 is 1.79 bits per heavy atom. The summed E-state index contributed by atoms with van der Waals surface area (Å²) in [5, 5.41) is 6.64. The van der Waals surface area contributed by atoms with Gasteiger partial charge < -0.3 is 25.0 Å². The van der Waals surface area contributed by atoms with Crippen molar-refractivity contribution in [2.24, 2.45) is 0 Å². The summed E-state index contributed by atoms with van der Waals surface area (Å²) in [6.07, 6.45) is 9.71. The zero-order valence-corrected chi connectivity index (χ0v) is 19.5. The highest BCUT2D eigenvalue weighted by molar-refractivity contribution is 6.01. The van der Waals surface area contributed by atoms with E-state index >= 15 is 0 Å². The lowest BCUT2D eigenvalue weighted by molar-refractivity contribution is -0.126. The van der Waals surface area contributed by atoms with E-state index < -0.39 is 6.04 Å². The van der Waals surface area contributed by atoms with Crippen molar-refractivity contribution in [1.82, 2.24) is 15.5 Å². The van der Waals surface area contributed by atoms with Gasteiger partial charge in [-0.2, -0.15) is 0 Å². The molecule has 1 saturated heterocycles. The molecule has 2 N–H and O–H groups in total. The lowest BCUT2D eigenvalue weighted by Gasteiger charge is -2.35. The van der Waals surface area contributed by atoms with Crippen LogP contribution in [0.1, 0.15) is 73.7 Å². The zero-order valence-electron chi connectivity index (χ0n) is 19.5. The van der Waals surface area contributed by atoms with Crippen molar-refractivity contribution < 1.29 is 19.1 Å². The van der Waals surface area contributed by atoms with Crippen molar-refractivity contribution in [2.75, 3.05) is 7.11 Å². The van der Waals surface area contributed by atoms with Crippen LogP contribution in [-0.4, -0.2) is 54.2 Å². The number of allylic oxidation sites excluding steroid dienone is 1. The first-order chi connectivity index (χ1) is 16.0. The van der Waals surface area contributed by atoms with Crippen molar-refractivity contribution in [3.63, 3.8) is 0 Å². The third-order valence-electron chi connectivity index (χ3n) is 7.78. The van der Waals surface area contributed by atoms with Crippen LogP contribution >= 0.6 is 0 Å². The molecule has 7 heteroatoms. The van der Waals surface area contributed by atoms with Crippen molar-refractivity contribution in [3.8, 4) is 5.75 Å². The van der Waals surface area contributed by atoms with Gasteiger partial charge in [0.2, 0.25) is 5.91 Å². The summed E-state index contributed by atoms with van der Waals surface area (Å²) >= 11 is 0. The van der Waals surface area contributed by atoms with Gasteiger partial charge in [0, 0.05) is 37.0 Å². The molecule has 0 radical (unpaired) electrons. The number of benzene rings is 1. The van der Waals surface area contributed by atoms with Gasteiger partial charge in [-0.3, -0.25) is 9.59 Å². The van der Waals surface area contributed by atoms with E-state index in [1.165, 1.54) is 19.3 Å². The molecule has 2 saturated carbocycles. The van der Waals surface area contributed by atoms with Crippen LogP contribution in [0.4, 0.5) is 0 Å². The number of piperidine rings is 1. The second-order valence-corrected chi connectivity index (χ2v) is 9.92. The number of fused-ring (bicyclic) bond motifs is 1. The van der Waals surface area contributed by atoms with Gasteiger partial charge in [-0.05, 0) is 75.1 Å². The SMILES string of the molecule is C=C1CCC(N2Cc3cc(O[C@@H]4CCCC[C@@H]4NC4CCCC4OC)ccc3C2=O)C(=O)N1. The van der Waals surface area contributed by atoms with Crippen molar-refractivity contribution >= 4 is 11.8 Å². The van der Waals surface area contributed by atoms with E-state index in [0.29, 0.717) is 43.1 Å². The van der Waals surface area contributed by atoms with E-state index in [-0.39, 0.29) is 17.9 Å². The molecule has 1 aromatic rings. The van der Waals surface area contributed by atoms with Crippen LogP contribution in [0.25, 0.3) is 0 Å². The number of amides is 2. The number of hydrogen-bond acceptors (Lipinski definition) is 5. The Kier molecular flexibility index (Phi) is 6.43. The standard InChI is InChI=1S/C26H35N3O4/c1-16-10-13-22(25(30)27-16)29-15-17-14-18(11-12-19(17)26(29)31)33-24-8-4-3-6-21(24)28-20-7-5-9-23(20)32-2/h11-12,14,20-24,28H,1,3-10,13,15H2,2H3,(H,27,30)/t20?,21-,22?,23?,24+/m0/s1. The van der Waals surface area contributed by atoms with Gasteiger partial charge in [0.1, 0.15) is 17.9 Å². The lowest BCUT2D eigenvalue weighted by atomic mass is 9.91. The molecule has 0 aromatic heterocycles. The smallest absolute Gasteiger partial charge is 0.255 e. The molecule has 3 unspecified atom stereocenters. The Bertz CT molecular complexity index is 932.